The van der Waals surface area contributed by atoms with Crippen molar-refractivity contribution >= 4 is 17.2 Å². The van der Waals surface area contributed by atoms with E-state index in [0.717, 1.165) is 29.3 Å². The van der Waals surface area contributed by atoms with Crippen LogP contribution in [0.1, 0.15) is 12.1 Å². The number of nitrogens with two attached hydrogens (primary N) is 1. The summed E-state index contributed by atoms with van der Waals surface area (Å²) in [6, 6.07) is 9.46. The normalized spacial score (nSPS) is 13.7. The Bertz CT molecular complexity index is 629. The fourth-order valence-electron chi connectivity index (χ4n) is 2.05. The van der Waals surface area contributed by atoms with Crippen molar-refractivity contribution in [1.82, 2.24) is 4.98 Å². The third kappa shape index (κ3) is 2.61. The van der Waals surface area contributed by atoms with Gasteiger partial charge in [0.1, 0.15) is 0 Å². The number of aromatic nitrogens is 1. The number of fused-ring (bicyclic) bond motifs is 1. The van der Waals surface area contributed by atoms with Crippen molar-refractivity contribution in [3.63, 3.8) is 0 Å². The third-order valence-electron chi connectivity index (χ3n) is 3.08. The van der Waals surface area contributed by atoms with Gasteiger partial charge in [-0.2, -0.15) is 0 Å². The molecule has 0 unspecified atom stereocenters. The van der Waals surface area contributed by atoms with E-state index in [2.05, 4.69) is 10.3 Å². The summed E-state index contributed by atoms with van der Waals surface area (Å²) < 4.78 is 11.3. The lowest BCUT2D eigenvalue weighted by molar-refractivity contribution is 0.297. The molecule has 0 spiro atoms. The molecule has 2 aromatic rings. The summed E-state index contributed by atoms with van der Waals surface area (Å²) in [5.41, 5.74) is 8.32. The van der Waals surface area contributed by atoms with Gasteiger partial charge in [0.05, 0.1) is 18.9 Å². The highest BCUT2D eigenvalue weighted by atomic mass is 16.5. The number of nitrogens with one attached hydrogen (secondary N) is 1. The molecule has 0 saturated heterocycles. The summed E-state index contributed by atoms with van der Waals surface area (Å²) in [4.78, 5) is 4.39. The van der Waals surface area contributed by atoms with Crippen molar-refractivity contribution < 1.29 is 9.47 Å². The van der Waals surface area contributed by atoms with Crippen LogP contribution in [0, 0.1) is 6.92 Å². The molecule has 0 fully saturated rings. The molecule has 5 heteroatoms. The zero-order valence-electron chi connectivity index (χ0n) is 11.3. The van der Waals surface area contributed by atoms with Crippen molar-refractivity contribution in [2.75, 3.05) is 24.3 Å². The molecule has 0 bridgehead atoms. The van der Waals surface area contributed by atoms with Gasteiger partial charge in [-0.1, -0.05) is 0 Å². The van der Waals surface area contributed by atoms with E-state index < -0.39 is 0 Å². The zero-order chi connectivity index (χ0) is 13.9. The maximum absolute atomic E-state index is 5.92. The molecule has 1 aliphatic rings. The predicted octanol–water partition coefficient (Wildman–Crippen LogP) is 2.88. The number of nitrogen functional groups attached to an aromatic ring is 1. The van der Waals surface area contributed by atoms with Crippen molar-refractivity contribution in [1.29, 1.82) is 0 Å². The van der Waals surface area contributed by atoms with E-state index in [-0.39, 0.29) is 0 Å². The first kappa shape index (κ1) is 12.6. The average Bonchev–Trinajstić information content (AvgIpc) is 2.67. The van der Waals surface area contributed by atoms with Gasteiger partial charge in [-0.15, -0.1) is 0 Å². The summed E-state index contributed by atoms with van der Waals surface area (Å²) >= 11 is 0. The first-order chi connectivity index (χ1) is 9.72. The molecular weight excluding hydrogens is 254 g/mol. The molecular formula is C15H17N3O2. The van der Waals surface area contributed by atoms with E-state index in [1.165, 1.54) is 0 Å². The van der Waals surface area contributed by atoms with Gasteiger partial charge in [0.25, 0.3) is 0 Å². The van der Waals surface area contributed by atoms with Crippen molar-refractivity contribution in [2.24, 2.45) is 0 Å². The number of pyridine rings is 1. The number of nitrogens with zero attached hydrogens (tertiary/aromatic N) is 1. The first-order valence-electron chi connectivity index (χ1n) is 6.62. The van der Waals surface area contributed by atoms with Gasteiger partial charge < -0.3 is 20.5 Å². The highest BCUT2D eigenvalue weighted by Gasteiger charge is 2.11. The molecule has 2 heterocycles. The summed E-state index contributed by atoms with van der Waals surface area (Å²) in [6.45, 7) is 3.28. The third-order valence-corrected chi connectivity index (χ3v) is 3.08. The summed E-state index contributed by atoms with van der Waals surface area (Å²) in [7, 11) is 0. The highest BCUT2D eigenvalue weighted by molar-refractivity contribution is 5.70. The lowest BCUT2D eigenvalue weighted by Gasteiger charge is -2.12. The van der Waals surface area contributed by atoms with E-state index in [9.17, 15) is 0 Å². The Balaban J connectivity index is 1.87. The number of benzene rings is 1. The number of rotatable bonds is 2. The van der Waals surface area contributed by atoms with Crippen LogP contribution in [0.25, 0.3) is 0 Å². The molecule has 104 valence electrons. The van der Waals surface area contributed by atoms with E-state index >= 15 is 0 Å². The van der Waals surface area contributed by atoms with Gasteiger partial charge in [0.2, 0.25) is 0 Å². The van der Waals surface area contributed by atoms with Gasteiger partial charge >= 0.3 is 0 Å². The number of ether oxygens (including phenoxy) is 2. The molecule has 1 aromatic heterocycles. The van der Waals surface area contributed by atoms with Crippen LogP contribution in [0.2, 0.25) is 0 Å². The Morgan fingerprint density at radius 3 is 2.75 bits per heavy atom. The molecule has 20 heavy (non-hydrogen) atoms. The molecule has 1 aromatic carbocycles. The van der Waals surface area contributed by atoms with E-state index in [0.29, 0.717) is 24.7 Å². The Morgan fingerprint density at radius 2 is 1.90 bits per heavy atom. The second kappa shape index (κ2) is 5.28. The SMILES string of the molecule is Cc1ccc(N)c(Nc2ccc3c(c2)OCCCO3)n1. The number of hydrogen-bond donors (Lipinski definition) is 2. The van der Waals surface area contributed by atoms with Gasteiger partial charge in [-0.3, -0.25) is 0 Å². The standard InChI is InChI=1S/C15H17N3O2/c1-10-3-5-12(16)15(17-10)18-11-4-6-13-14(9-11)20-8-2-7-19-13/h3-6,9H,2,7-8,16H2,1H3,(H,17,18). The quantitative estimate of drug-likeness (QED) is 0.879. The first-order valence-corrected chi connectivity index (χ1v) is 6.62. The highest BCUT2D eigenvalue weighted by Crippen LogP contribution is 2.33. The van der Waals surface area contributed by atoms with Crippen LogP contribution in [0.4, 0.5) is 17.2 Å². The van der Waals surface area contributed by atoms with Crippen LogP contribution in [-0.2, 0) is 0 Å². The number of aryl methyl sites for hydroxylation is 1. The minimum Gasteiger partial charge on any atom is -0.490 e. The lowest BCUT2D eigenvalue weighted by atomic mass is 10.2. The molecule has 0 radical (unpaired) electrons. The molecule has 3 N–H and O–H groups in total. The van der Waals surface area contributed by atoms with Crippen LogP contribution in [0.3, 0.4) is 0 Å². The van der Waals surface area contributed by atoms with Crippen LogP contribution in [0.15, 0.2) is 30.3 Å². The fraction of sp³-hybridized carbons (Fsp3) is 0.267. The second-order valence-corrected chi connectivity index (χ2v) is 4.73. The Kier molecular flexibility index (Phi) is 3.33. The second-order valence-electron chi connectivity index (χ2n) is 4.73. The van der Waals surface area contributed by atoms with Gasteiger partial charge in [0.15, 0.2) is 17.3 Å². The van der Waals surface area contributed by atoms with Gasteiger partial charge in [-0.25, -0.2) is 4.98 Å². The Hall–Kier alpha value is -2.43. The van der Waals surface area contributed by atoms with Gasteiger partial charge in [0, 0.05) is 23.9 Å². The van der Waals surface area contributed by atoms with E-state index in [1.807, 2.05) is 37.3 Å². The van der Waals surface area contributed by atoms with E-state index in [1.54, 1.807) is 0 Å². The van der Waals surface area contributed by atoms with Crippen molar-refractivity contribution in [3.8, 4) is 11.5 Å². The monoisotopic (exact) mass is 271 g/mol. The Labute approximate surface area is 117 Å². The summed E-state index contributed by atoms with van der Waals surface area (Å²) in [6.07, 6.45) is 0.893. The predicted molar refractivity (Wildman–Crippen MR) is 78.7 cm³/mol. The van der Waals surface area contributed by atoms with Crippen LogP contribution in [0.5, 0.6) is 11.5 Å². The van der Waals surface area contributed by atoms with Crippen molar-refractivity contribution in [3.05, 3.63) is 36.0 Å². The summed E-state index contributed by atoms with van der Waals surface area (Å²) in [5, 5.41) is 3.21. The zero-order valence-corrected chi connectivity index (χ0v) is 11.3. The topological polar surface area (TPSA) is 69.4 Å². The van der Waals surface area contributed by atoms with Crippen LogP contribution < -0.4 is 20.5 Å². The minimum absolute atomic E-state index is 0.614. The molecule has 0 atom stereocenters. The van der Waals surface area contributed by atoms with Crippen LogP contribution in [-0.4, -0.2) is 18.2 Å². The maximum atomic E-state index is 5.92. The van der Waals surface area contributed by atoms with E-state index in [4.69, 9.17) is 15.2 Å². The molecule has 0 saturated carbocycles. The van der Waals surface area contributed by atoms with Crippen LogP contribution >= 0.6 is 0 Å². The minimum atomic E-state index is 0.614. The van der Waals surface area contributed by atoms with Gasteiger partial charge in [-0.05, 0) is 31.2 Å². The largest absolute Gasteiger partial charge is 0.490 e. The smallest absolute Gasteiger partial charge is 0.163 e. The number of anilines is 3. The molecule has 0 amide bonds. The molecule has 0 aliphatic carbocycles. The molecule has 3 rings (SSSR count). The summed E-state index contributed by atoms with van der Waals surface area (Å²) in [5.74, 6) is 2.18. The molecule has 1 aliphatic heterocycles. The molecule has 5 nitrogen and oxygen atoms in total. The fourth-order valence-corrected chi connectivity index (χ4v) is 2.05. The maximum Gasteiger partial charge on any atom is 0.163 e. The Morgan fingerprint density at radius 1 is 1.10 bits per heavy atom. The lowest BCUT2D eigenvalue weighted by Crippen LogP contribution is -2.01. The van der Waals surface area contributed by atoms with Crippen molar-refractivity contribution in [2.45, 2.75) is 13.3 Å². The average molecular weight is 271 g/mol. The number of hydrogen-bond acceptors (Lipinski definition) is 5.